The normalized spacial score (nSPS) is 8.42. The second-order valence-corrected chi connectivity index (χ2v) is 1.95. The van der Waals surface area contributed by atoms with Gasteiger partial charge >= 0.3 is 14.7 Å². The van der Waals surface area contributed by atoms with E-state index in [4.69, 9.17) is 14.6 Å². The van der Waals surface area contributed by atoms with Crippen molar-refractivity contribution in [1.82, 2.24) is 0 Å². The van der Waals surface area contributed by atoms with Crippen LogP contribution in [0.25, 0.3) is 0 Å². The molecule has 0 saturated heterocycles. The fourth-order valence-electron chi connectivity index (χ4n) is 0.581. The van der Waals surface area contributed by atoms with Gasteiger partial charge in [0, 0.05) is 0 Å². The predicted octanol–water partition coefficient (Wildman–Crippen LogP) is 1.30. The van der Waals surface area contributed by atoms with Gasteiger partial charge in [0.05, 0.1) is 5.56 Å². The van der Waals surface area contributed by atoms with E-state index < -0.39 is 14.7 Å². The lowest BCUT2D eigenvalue weighted by Crippen LogP contribution is -1.93. The van der Waals surface area contributed by atoms with Crippen LogP contribution >= 0.6 is 8.69 Å². The minimum atomic E-state index is -1.17. The van der Waals surface area contributed by atoms with Gasteiger partial charge in [0.1, 0.15) is 0 Å². The van der Waals surface area contributed by atoms with Gasteiger partial charge in [0.25, 0.3) is 0 Å². The molecule has 0 spiro atoms. The number of hydrogen-bond donors (Lipinski definition) is 2. The Labute approximate surface area is 70.8 Å². The van der Waals surface area contributed by atoms with E-state index in [2.05, 4.69) is 0 Å². The first-order chi connectivity index (χ1) is 5.72. The molecule has 64 valence electrons. The van der Waals surface area contributed by atoms with Gasteiger partial charge in [-0.05, 0) is 16.7 Å². The lowest BCUT2D eigenvalue weighted by Gasteiger charge is -1.88. The summed E-state index contributed by atoms with van der Waals surface area (Å²) in [6.07, 6.45) is 0. The Hall–Kier alpha value is -1.25. The second kappa shape index (κ2) is 6.46. The number of carboxylic acid groups (broad SMARTS) is 1. The molecule has 12 heavy (non-hydrogen) atoms. The van der Waals surface area contributed by atoms with Crippen LogP contribution in [0.4, 0.5) is 0 Å². The van der Waals surface area contributed by atoms with E-state index in [1.165, 1.54) is 0 Å². The van der Waals surface area contributed by atoms with Crippen LogP contribution in [-0.2, 0) is 4.57 Å². The fraction of sp³-hybridized carbons (Fsp3) is 0. The standard InChI is InChI=1S/C7H6O2.HO2P/c8-7(9)6-4-2-1-3-5-6;1-3-2/h1-5H,(H,8,9);3H/p+1. The van der Waals surface area contributed by atoms with Crippen LogP contribution in [0, 0.1) is 0 Å². The molecule has 2 N–H and O–H groups in total. The van der Waals surface area contributed by atoms with E-state index in [9.17, 15) is 4.79 Å². The fourth-order valence-corrected chi connectivity index (χ4v) is 0.581. The van der Waals surface area contributed by atoms with E-state index in [1.54, 1.807) is 30.3 Å². The van der Waals surface area contributed by atoms with Crippen LogP contribution in [0.5, 0.6) is 0 Å². The van der Waals surface area contributed by atoms with E-state index in [0.717, 1.165) is 0 Å². The van der Waals surface area contributed by atoms with Gasteiger partial charge in [-0.15, -0.1) is 0 Å². The van der Waals surface area contributed by atoms with Crippen LogP contribution in [-0.4, -0.2) is 16.0 Å². The van der Waals surface area contributed by atoms with E-state index in [1.807, 2.05) is 0 Å². The van der Waals surface area contributed by atoms with Crippen molar-refractivity contribution in [3.8, 4) is 0 Å². The zero-order valence-electron chi connectivity index (χ0n) is 6.10. The summed E-state index contributed by atoms with van der Waals surface area (Å²) >= 11 is 0. The molecule has 0 heterocycles. The number of rotatable bonds is 1. The molecule has 0 saturated carbocycles. The average Bonchev–Trinajstić information content (AvgIpc) is 2.07. The van der Waals surface area contributed by atoms with Crippen molar-refractivity contribution in [2.24, 2.45) is 0 Å². The molecule has 1 aromatic carbocycles. The summed E-state index contributed by atoms with van der Waals surface area (Å²) < 4.78 is 8.51. The molecular formula is C7H8O4P+. The van der Waals surface area contributed by atoms with Gasteiger partial charge in [-0.3, -0.25) is 0 Å². The molecule has 0 bridgehead atoms. The highest BCUT2D eigenvalue weighted by Gasteiger charge is 1.96. The van der Waals surface area contributed by atoms with Crippen molar-refractivity contribution in [3.05, 3.63) is 35.9 Å². The molecule has 1 unspecified atom stereocenters. The summed E-state index contributed by atoms with van der Waals surface area (Å²) in [7, 11) is -1.17. The summed E-state index contributed by atoms with van der Waals surface area (Å²) in [6.45, 7) is 0. The number of benzene rings is 1. The van der Waals surface area contributed by atoms with E-state index in [-0.39, 0.29) is 0 Å². The largest absolute Gasteiger partial charge is 0.491 e. The first-order valence-electron chi connectivity index (χ1n) is 3.02. The molecule has 0 fully saturated rings. The van der Waals surface area contributed by atoms with Crippen molar-refractivity contribution >= 4 is 14.7 Å². The molecule has 1 aromatic rings. The molecule has 0 aromatic heterocycles. The first kappa shape index (κ1) is 10.8. The van der Waals surface area contributed by atoms with Crippen LogP contribution in [0.3, 0.4) is 0 Å². The number of carboxylic acids is 1. The zero-order chi connectivity index (χ0) is 9.40. The van der Waals surface area contributed by atoms with Gasteiger partial charge < -0.3 is 5.11 Å². The molecule has 1 rings (SSSR count). The third-order valence-electron chi connectivity index (χ3n) is 1.02. The van der Waals surface area contributed by atoms with Crippen molar-refractivity contribution < 1.29 is 19.4 Å². The Morgan fingerprint density at radius 2 is 1.67 bits per heavy atom. The predicted molar refractivity (Wildman–Crippen MR) is 44.6 cm³/mol. The topological polar surface area (TPSA) is 74.6 Å². The molecule has 1 atom stereocenters. The van der Waals surface area contributed by atoms with Gasteiger partial charge in [-0.2, -0.15) is 4.89 Å². The van der Waals surface area contributed by atoms with Crippen LogP contribution in [0.1, 0.15) is 10.4 Å². The van der Waals surface area contributed by atoms with Crippen molar-refractivity contribution in [3.63, 3.8) is 0 Å². The van der Waals surface area contributed by atoms with Crippen LogP contribution < -0.4 is 0 Å². The Balaban J connectivity index is 0.000000354. The number of aromatic carboxylic acids is 1. The molecule has 0 amide bonds. The number of hydrogen-bond acceptors (Lipinski definition) is 2. The summed E-state index contributed by atoms with van der Waals surface area (Å²) in [4.78, 5) is 17.2. The highest BCUT2D eigenvalue weighted by atomic mass is 31.1. The summed E-state index contributed by atoms with van der Waals surface area (Å²) in [5, 5.41) is 8.38. The molecular weight excluding hydrogens is 179 g/mol. The molecule has 0 aliphatic rings. The molecule has 0 radical (unpaired) electrons. The average molecular weight is 187 g/mol. The summed E-state index contributed by atoms with van der Waals surface area (Å²) in [6, 6.07) is 8.30. The van der Waals surface area contributed by atoms with Gasteiger partial charge in [-0.1, -0.05) is 18.2 Å². The number of carbonyl (C=O) groups is 1. The first-order valence-corrected chi connectivity index (χ1v) is 3.87. The van der Waals surface area contributed by atoms with Crippen molar-refractivity contribution in [1.29, 1.82) is 0 Å². The minimum absolute atomic E-state index is 0.331. The lowest BCUT2D eigenvalue weighted by atomic mass is 10.2. The molecule has 4 nitrogen and oxygen atoms in total. The maximum Gasteiger partial charge on any atom is 0.491 e. The van der Waals surface area contributed by atoms with Gasteiger partial charge in [-0.25, -0.2) is 4.79 Å². The third-order valence-corrected chi connectivity index (χ3v) is 1.02. The minimum Gasteiger partial charge on any atom is -0.478 e. The smallest absolute Gasteiger partial charge is 0.478 e. The summed E-state index contributed by atoms with van der Waals surface area (Å²) in [5.41, 5.74) is 0.331. The highest BCUT2D eigenvalue weighted by Crippen LogP contribution is 1.96. The maximum absolute atomic E-state index is 10.2. The lowest BCUT2D eigenvalue weighted by molar-refractivity contribution is 0.0697. The summed E-state index contributed by atoms with van der Waals surface area (Å²) in [5.74, 6) is -0.879. The molecule has 0 aliphatic carbocycles. The monoisotopic (exact) mass is 187 g/mol. The Morgan fingerprint density at radius 1 is 1.25 bits per heavy atom. The zero-order valence-corrected chi connectivity index (χ0v) is 7.10. The SMILES string of the molecule is O=C(O)c1ccccc1.O=[PH+]O. The van der Waals surface area contributed by atoms with Crippen LogP contribution in [0.2, 0.25) is 0 Å². The van der Waals surface area contributed by atoms with Gasteiger partial charge in [0.15, 0.2) is 0 Å². The third kappa shape index (κ3) is 4.55. The molecule has 5 heteroatoms. The maximum atomic E-state index is 10.2. The Morgan fingerprint density at radius 3 is 1.92 bits per heavy atom. The van der Waals surface area contributed by atoms with Crippen molar-refractivity contribution in [2.45, 2.75) is 0 Å². The highest BCUT2D eigenvalue weighted by molar-refractivity contribution is 7.16. The Bertz CT molecular complexity index is 247. The van der Waals surface area contributed by atoms with Gasteiger partial charge in [0.2, 0.25) is 0 Å². The Kier molecular flexibility index (Phi) is 5.79. The second-order valence-electron chi connectivity index (χ2n) is 1.76. The quantitative estimate of drug-likeness (QED) is 0.650. The molecule has 0 aliphatic heterocycles. The van der Waals surface area contributed by atoms with E-state index >= 15 is 0 Å². The van der Waals surface area contributed by atoms with E-state index in [0.29, 0.717) is 5.56 Å². The van der Waals surface area contributed by atoms with Crippen LogP contribution in [0.15, 0.2) is 30.3 Å². The van der Waals surface area contributed by atoms with Crippen molar-refractivity contribution in [2.75, 3.05) is 0 Å².